The minimum atomic E-state index is -3.92. The number of nitrogens with zero attached hydrogens (tertiary/aromatic N) is 4. The first-order chi connectivity index (χ1) is 15.4. The molecule has 0 bridgehead atoms. The highest BCUT2D eigenvalue weighted by Crippen LogP contribution is 2.26. The van der Waals surface area contributed by atoms with Gasteiger partial charge >= 0.3 is 10.2 Å². The van der Waals surface area contributed by atoms with E-state index in [0.29, 0.717) is 5.69 Å². The number of hydrogen-bond donors (Lipinski definition) is 0. The number of carbonyl (C=O) groups excluding carboxylic acids is 1. The van der Waals surface area contributed by atoms with Gasteiger partial charge in [0.2, 0.25) is 15.9 Å². The number of hydrogen-bond acceptors (Lipinski definition) is 5. The van der Waals surface area contributed by atoms with E-state index >= 15 is 0 Å². The van der Waals surface area contributed by atoms with Crippen LogP contribution in [-0.4, -0.2) is 83.1 Å². The molecule has 9 nitrogen and oxygen atoms in total. The van der Waals surface area contributed by atoms with Gasteiger partial charge in [-0.05, 0) is 43.2 Å². The lowest BCUT2D eigenvalue weighted by Crippen LogP contribution is -2.54. The van der Waals surface area contributed by atoms with E-state index in [9.17, 15) is 21.6 Å². The lowest BCUT2D eigenvalue weighted by molar-refractivity contribution is -0.130. The van der Waals surface area contributed by atoms with Crippen molar-refractivity contribution in [2.24, 2.45) is 0 Å². The van der Waals surface area contributed by atoms with Crippen LogP contribution in [0.4, 0.5) is 5.69 Å². The highest BCUT2D eigenvalue weighted by atomic mass is 32.2. The van der Waals surface area contributed by atoms with Gasteiger partial charge in [0.25, 0.3) is 0 Å². The topological polar surface area (TPSA) is 98.3 Å². The van der Waals surface area contributed by atoms with Crippen LogP contribution in [-0.2, 0) is 25.0 Å². The summed E-state index contributed by atoms with van der Waals surface area (Å²) in [5, 5.41) is 0. The molecule has 0 radical (unpaired) electrons. The Balaban J connectivity index is 1.77. The molecule has 0 aliphatic carbocycles. The quantitative estimate of drug-likeness (QED) is 0.580. The van der Waals surface area contributed by atoms with Gasteiger partial charge in [-0.15, -0.1) is 0 Å². The molecule has 1 heterocycles. The van der Waals surface area contributed by atoms with Gasteiger partial charge in [-0.3, -0.25) is 4.79 Å². The van der Waals surface area contributed by atoms with Crippen molar-refractivity contribution < 1.29 is 21.6 Å². The Morgan fingerprint density at radius 3 is 2.09 bits per heavy atom. The number of amides is 1. The lowest BCUT2D eigenvalue weighted by atomic mass is 10.1. The molecular weight excluding hydrogens is 464 g/mol. The summed E-state index contributed by atoms with van der Waals surface area (Å²) in [5.74, 6) is -0.377. The van der Waals surface area contributed by atoms with Crippen molar-refractivity contribution in [2.75, 3.05) is 51.1 Å². The van der Waals surface area contributed by atoms with Crippen molar-refractivity contribution in [3.05, 3.63) is 59.7 Å². The lowest BCUT2D eigenvalue weighted by Gasteiger charge is -2.36. The van der Waals surface area contributed by atoms with Crippen LogP contribution < -0.4 is 4.31 Å². The van der Waals surface area contributed by atoms with E-state index in [1.165, 1.54) is 23.3 Å². The number of sulfonamides is 1. The normalized spacial score (nSPS) is 15.6. The van der Waals surface area contributed by atoms with Crippen molar-refractivity contribution in [1.82, 2.24) is 13.5 Å². The average Bonchev–Trinajstić information content (AvgIpc) is 2.79. The first-order valence-electron chi connectivity index (χ1n) is 10.5. The minimum absolute atomic E-state index is 0.146. The van der Waals surface area contributed by atoms with E-state index in [4.69, 9.17) is 0 Å². The Labute approximate surface area is 196 Å². The predicted molar refractivity (Wildman–Crippen MR) is 128 cm³/mol. The van der Waals surface area contributed by atoms with Crippen molar-refractivity contribution in [3.8, 4) is 0 Å². The second-order valence-electron chi connectivity index (χ2n) is 8.18. The number of aryl methyl sites for hydroxylation is 2. The third kappa shape index (κ3) is 5.37. The zero-order valence-corrected chi connectivity index (χ0v) is 20.9. The molecule has 0 unspecified atom stereocenters. The maximum Gasteiger partial charge on any atom is 0.304 e. The van der Waals surface area contributed by atoms with Crippen LogP contribution in [0.25, 0.3) is 0 Å². The zero-order valence-electron chi connectivity index (χ0n) is 19.3. The third-order valence-corrected chi connectivity index (χ3v) is 9.34. The van der Waals surface area contributed by atoms with E-state index in [1.807, 2.05) is 19.1 Å². The van der Waals surface area contributed by atoms with Crippen LogP contribution in [0.15, 0.2) is 53.4 Å². The molecule has 2 aromatic rings. The Bertz CT molecular complexity index is 1210. The monoisotopic (exact) mass is 494 g/mol. The number of piperazine rings is 1. The second-order valence-corrected chi connectivity index (χ2v) is 12.2. The van der Waals surface area contributed by atoms with Crippen molar-refractivity contribution in [1.29, 1.82) is 0 Å². The molecule has 0 atom stereocenters. The summed E-state index contributed by atoms with van der Waals surface area (Å²) in [6.45, 7) is 3.96. The molecule has 1 fully saturated rings. The number of anilines is 1. The maximum atomic E-state index is 13.1. The van der Waals surface area contributed by atoms with Crippen LogP contribution in [0.1, 0.15) is 11.1 Å². The summed E-state index contributed by atoms with van der Waals surface area (Å²) >= 11 is 0. The first kappa shape index (κ1) is 25.2. The molecule has 33 heavy (non-hydrogen) atoms. The summed E-state index contributed by atoms with van der Waals surface area (Å²) in [5.41, 5.74) is 2.06. The molecule has 1 amide bonds. The molecule has 0 N–H and O–H groups in total. The average molecular weight is 495 g/mol. The van der Waals surface area contributed by atoms with Crippen molar-refractivity contribution in [3.63, 3.8) is 0 Å². The minimum Gasteiger partial charge on any atom is -0.338 e. The van der Waals surface area contributed by atoms with Gasteiger partial charge in [-0.2, -0.15) is 17.0 Å². The van der Waals surface area contributed by atoms with E-state index < -0.39 is 20.2 Å². The summed E-state index contributed by atoms with van der Waals surface area (Å²) in [6.07, 6.45) is 0. The van der Waals surface area contributed by atoms with Crippen LogP contribution in [0.2, 0.25) is 0 Å². The summed E-state index contributed by atoms with van der Waals surface area (Å²) in [7, 11) is -4.72. The van der Waals surface area contributed by atoms with Crippen molar-refractivity contribution >= 4 is 31.8 Å². The van der Waals surface area contributed by atoms with Crippen molar-refractivity contribution in [2.45, 2.75) is 18.7 Å². The molecule has 11 heteroatoms. The van der Waals surface area contributed by atoms with Crippen LogP contribution in [0.3, 0.4) is 0 Å². The van der Waals surface area contributed by atoms with Gasteiger partial charge in [-0.25, -0.2) is 12.7 Å². The van der Waals surface area contributed by atoms with Crippen LogP contribution in [0.5, 0.6) is 0 Å². The van der Waals surface area contributed by atoms with Crippen LogP contribution in [0, 0.1) is 13.8 Å². The molecule has 0 spiro atoms. The summed E-state index contributed by atoms with van der Waals surface area (Å²) < 4.78 is 55.3. The van der Waals surface area contributed by atoms with E-state index in [2.05, 4.69) is 0 Å². The molecule has 180 valence electrons. The maximum absolute atomic E-state index is 13.1. The molecule has 1 saturated heterocycles. The van der Waals surface area contributed by atoms with Crippen LogP contribution >= 0.6 is 0 Å². The fourth-order valence-corrected chi connectivity index (χ4v) is 6.17. The SMILES string of the molecule is Cc1ccc(C)c(N(CC(=O)N2CCN(S(=O)(=O)c3ccccc3)CC2)S(=O)(=O)N(C)C)c1. The second kappa shape index (κ2) is 9.80. The van der Waals surface area contributed by atoms with Gasteiger partial charge in [0.1, 0.15) is 6.54 Å². The molecule has 3 rings (SSSR count). The van der Waals surface area contributed by atoms with Gasteiger partial charge in [0.05, 0.1) is 10.6 Å². The Kier molecular flexibility index (Phi) is 7.47. The van der Waals surface area contributed by atoms with Gasteiger partial charge in [-0.1, -0.05) is 30.3 Å². The number of benzene rings is 2. The molecule has 0 saturated carbocycles. The van der Waals surface area contributed by atoms with E-state index in [-0.39, 0.29) is 43.5 Å². The summed E-state index contributed by atoms with van der Waals surface area (Å²) in [4.78, 5) is 14.8. The zero-order chi connectivity index (χ0) is 24.4. The molecular formula is C22H30N4O5S2. The Hall–Kier alpha value is -2.47. The fraction of sp³-hybridized carbons (Fsp3) is 0.409. The van der Waals surface area contributed by atoms with E-state index in [1.54, 1.807) is 43.3 Å². The highest BCUT2D eigenvalue weighted by Gasteiger charge is 2.33. The molecule has 0 aromatic heterocycles. The van der Waals surface area contributed by atoms with Gasteiger partial charge in [0.15, 0.2) is 0 Å². The van der Waals surface area contributed by atoms with Gasteiger partial charge in [0, 0.05) is 40.3 Å². The Morgan fingerprint density at radius 1 is 0.909 bits per heavy atom. The molecule has 2 aromatic carbocycles. The smallest absolute Gasteiger partial charge is 0.304 e. The predicted octanol–water partition coefficient (Wildman–Crippen LogP) is 1.45. The Morgan fingerprint density at radius 2 is 1.52 bits per heavy atom. The fourth-order valence-electron chi connectivity index (χ4n) is 3.62. The third-order valence-electron chi connectivity index (χ3n) is 5.62. The molecule has 1 aliphatic rings. The summed E-state index contributed by atoms with van der Waals surface area (Å²) in [6, 6.07) is 13.6. The first-order valence-corrected chi connectivity index (χ1v) is 13.4. The van der Waals surface area contributed by atoms with E-state index in [0.717, 1.165) is 19.7 Å². The largest absolute Gasteiger partial charge is 0.338 e. The van der Waals surface area contributed by atoms with Gasteiger partial charge < -0.3 is 4.90 Å². The standard InChI is InChI=1S/C22H30N4O5S2/c1-18-10-11-19(2)21(16-18)26(33(30,31)23(3)4)17-22(27)24-12-14-25(15-13-24)32(28,29)20-8-6-5-7-9-20/h5-11,16H,12-15,17H2,1-4H3. The number of rotatable bonds is 7. The number of carbonyl (C=O) groups is 1. The molecule has 1 aliphatic heterocycles. The highest BCUT2D eigenvalue weighted by molar-refractivity contribution is 7.90.